The first-order valence-electron chi connectivity index (χ1n) is 6.89. The fourth-order valence-electron chi connectivity index (χ4n) is 2.09. The molecule has 0 radical (unpaired) electrons. The Labute approximate surface area is 135 Å². The molecule has 2 aromatic rings. The molecule has 0 aliphatic rings. The van der Waals surface area contributed by atoms with E-state index in [1.165, 1.54) is 7.05 Å². The van der Waals surface area contributed by atoms with Crippen LogP contribution in [0, 0.1) is 11.6 Å². The number of anilines is 1. The molecule has 0 bridgehead atoms. The molecule has 0 saturated carbocycles. The second-order valence-electron chi connectivity index (χ2n) is 5.40. The van der Waals surface area contributed by atoms with E-state index in [0.717, 1.165) is 27.7 Å². The minimum atomic E-state index is -4.03. The van der Waals surface area contributed by atoms with Gasteiger partial charge in [0, 0.05) is 39.4 Å². The van der Waals surface area contributed by atoms with E-state index in [2.05, 4.69) is 0 Å². The summed E-state index contributed by atoms with van der Waals surface area (Å²) in [6.07, 6.45) is 0. The molecular formula is C16H18F2N2O2S. The van der Waals surface area contributed by atoms with Gasteiger partial charge in [0.05, 0.1) is 0 Å². The number of rotatable bonds is 5. The molecule has 0 aromatic heterocycles. The zero-order valence-corrected chi connectivity index (χ0v) is 13.9. The van der Waals surface area contributed by atoms with Crippen molar-refractivity contribution >= 4 is 15.7 Å². The largest absolute Gasteiger partial charge is 0.378 e. The zero-order chi connectivity index (χ0) is 17.2. The third kappa shape index (κ3) is 3.86. The van der Waals surface area contributed by atoms with Gasteiger partial charge in [-0.15, -0.1) is 0 Å². The number of hydrogen-bond acceptors (Lipinski definition) is 3. The van der Waals surface area contributed by atoms with Gasteiger partial charge in [0.25, 0.3) is 0 Å². The number of sulfonamides is 1. The Morgan fingerprint density at radius 1 is 0.957 bits per heavy atom. The highest BCUT2D eigenvalue weighted by Gasteiger charge is 2.24. The second kappa shape index (κ2) is 6.64. The lowest BCUT2D eigenvalue weighted by atomic mass is 10.2. The third-order valence-corrected chi connectivity index (χ3v) is 5.28. The van der Waals surface area contributed by atoms with E-state index in [9.17, 15) is 17.2 Å². The van der Waals surface area contributed by atoms with Crippen LogP contribution in [0.15, 0.2) is 47.4 Å². The van der Waals surface area contributed by atoms with Crippen LogP contribution in [-0.4, -0.2) is 33.9 Å². The molecule has 0 N–H and O–H groups in total. The molecule has 124 valence electrons. The summed E-state index contributed by atoms with van der Waals surface area (Å²) in [5.74, 6) is -1.91. The fraction of sp³-hybridized carbons (Fsp3) is 0.250. The first-order chi connectivity index (χ1) is 10.7. The maximum absolute atomic E-state index is 13.7. The van der Waals surface area contributed by atoms with E-state index < -0.39 is 26.6 Å². The average molecular weight is 340 g/mol. The van der Waals surface area contributed by atoms with Gasteiger partial charge in [-0.3, -0.25) is 0 Å². The Morgan fingerprint density at radius 3 is 2.09 bits per heavy atom. The van der Waals surface area contributed by atoms with Crippen LogP contribution in [0.25, 0.3) is 0 Å². The van der Waals surface area contributed by atoms with Gasteiger partial charge >= 0.3 is 0 Å². The maximum atomic E-state index is 13.7. The zero-order valence-electron chi connectivity index (χ0n) is 13.1. The van der Waals surface area contributed by atoms with E-state index in [1.54, 1.807) is 0 Å². The average Bonchev–Trinajstić information content (AvgIpc) is 2.47. The molecule has 0 fully saturated rings. The summed E-state index contributed by atoms with van der Waals surface area (Å²) >= 11 is 0. The fourth-order valence-corrected chi connectivity index (χ4v) is 3.29. The van der Waals surface area contributed by atoms with Gasteiger partial charge in [-0.25, -0.2) is 17.2 Å². The van der Waals surface area contributed by atoms with Gasteiger partial charge in [0.15, 0.2) is 0 Å². The molecule has 2 aromatic carbocycles. The summed E-state index contributed by atoms with van der Waals surface area (Å²) in [7, 11) is 1.14. The summed E-state index contributed by atoms with van der Waals surface area (Å²) in [4.78, 5) is 1.39. The highest BCUT2D eigenvalue weighted by Crippen LogP contribution is 2.21. The molecule has 0 aliphatic carbocycles. The molecule has 0 amide bonds. The predicted octanol–water partition coefficient (Wildman–Crippen LogP) is 2.85. The summed E-state index contributed by atoms with van der Waals surface area (Å²) < 4.78 is 52.5. The molecule has 4 nitrogen and oxygen atoms in total. The lowest BCUT2D eigenvalue weighted by Gasteiger charge is -2.18. The molecule has 2 rings (SSSR count). The first-order valence-corrected chi connectivity index (χ1v) is 8.33. The SMILES string of the molecule is CN(C)c1ccc(CN(C)S(=O)(=O)c2ccc(F)cc2F)cc1. The van der Waals surface area contributed by atoms with E-state index in [0.29, 0.717) is 6.07 Å². The van der Waals surface area contributed by atoms with Crippen molar-refractivity contribution in [3.63, 3.8) is 0 Å². The third-order valence-electron chi connectivity index (χ3n) is 3.44. The van der Waals surface area contributed by atoms with Crippen LogP contribution < -0.4 is 4.90 Å². The standard InChI is InChI=1S/C16H18F2N2O2S/c1-19(2)14-7-4-12(5-8-14)11-20(3)23(21,22)16-9-6-13(17)10-15(16)18/h4-10H,11H2,1-3H3. The maximum Gasteiger partial charge on any atom is 0.246 e. The van der Waals surface area contributed by atoms with Crippen molar-refractivity contribution in [1.29, 1.82) is 0 Å². The predicted molar refractivity (Wildman–Crippen MR) is 85.8 cm³/mol. The molecule has 0 aliphatic heterocycles. The van der Waals surface area contributed by atoms with Crippen molar-refractivity contribution in [2.24, 2.45) is 0 Å². The normalized spacial score (nSPS) is 11.7. The van der Waals surface area contributed by atoms with Gasteiger partial charge in [0.2, 0.25) is 10.0 Å². The number of hydrogen-bond donors (Lipinski definition) is 0. The number of nitrogens with zero attached hydrogens (tertiary/aromatic N) is 2. The van der Waals surface area contributed by atoms with Crippen LogP contribution in [-0.2, 0) is 16.6 Å². The highest BCUT2D eigenvalue weighted by molar-refractivity contribution is 7.89. The van der Waals surface area contributed by atoms with E-state index in [1.807, 2.05) is 43.3 Å². The summed E-state index contributed by atoms with van der Waals surface area (Å²) in [5, 5.41) is 0. The minimum Gasteiger partial charge on any atom is -0.378 e. The Balaban J connectivity index is 2.23. The van der Waals surface area contributed by atoms with Gasteiger partial charge in [-0.1, -0.05) is 12.1 Å². The Kier molecular flexibility index (Phi) is 5.01. The lowest BCUT2D eigenvalue weighted by Crippen LogP contribution is -2.27. The molecule has 7 heteroatoms. The van der Waals surface area contributed by atoms with Crippen molar-refractivity contribution < 1.29 is 17.2 Å². The van der Waals surface area contributed by atoms with E-state index in [4.69, 9.17) is 0 Å². The van der Waals surface area contributed by atoms with Crippen molar-refractivity contribution in [3.05, 3.63) is 59.7 Å². The first kappa shape index (κ1) is 17.4. The quantitative estimate of drug-likeness (QED) is 0.840. The summed E-state index contributed by atoms with van der Waals surface area (Å²) in [6, 6.07) is 9.78. The van der Waals surface area contributed by atoms with Gasteiger partial charge in [-0.05, 0) is 29.8 Å². The van der Waals surface area contributed by atoms with E-state index >= 15 is 0 Å². The van der Waals surface area contributed by atoms with Crippen LogP contribution >= 0.6 is 0 Å². The van der Waals surface area contributed by atoms with Crippen molar-refractivity contribution in [2.75, 3.05) is 26.0 Å². The van der Waals surface area contributed by atoms with Gasteiger partial charge in [0.1, 0.15) is 16.5 Å². The Morgan fingerprint density at radius 2 is 1.57 bits per heavy atom. The lowest BCUT2D eigenvalue weighted by molar-refractivity contribution is 0.458. The Bertz CT molecular complexity index is 790. The number of benzene rings is 2. The molecule has 0 heterocycles. The molecule has 0 spiro atoms. The van der Waals surface area contributed by atoms with Crippen molar-refractivity contribution in [1.82, 2.24) is 4.31 Å². The molecular weight excluding hydrogens is 322 g/mol. The van der Waals surface area contributed by atoms with Crippen molar-refractivity contribution in [2.45, 2.75) is 11.4 Å². The van der Waals surface area contributed by atoms with Gasteiger partial charge in [-0.2, -0.15) is 4.31 Å². The smallest absolute Gasteiger partial charge is 0.246 e. The molecule has 0 unspecified atom stereocenters. The van der Waals surface area contributed by atoms with Gasteiger partial charge < -0.3 is 4.90 Å². The highest BCUT2D eigenvalue weighted by atomic mass is 32.2. The topological polar surface area (TPSA) is 40.6 Å². The van der Waals surface area contributed by atoms with Crippen LogP contribution in [0.5, 0.6) is 0 Å². The monoisotopic (exact) mass is 340 g/mol. The summed E-state index contributed by atoms with van der Waals surface area (Å²) in [5.41, 5.74) is 1.76. The van der Waals surface area contributed by atoms with Crippen molar-refractivity contribution in [3.8, 4) is 0 Å². The minimum absolute atomic E-state index is 0.0901. The van der Waals surface area contributed by atoms with Crippen LogP contribution in [0.3, 0.4) is 0 Å². The second-order valence-corrected chi connectivity index (χ2v) is 7.41. The van der Waals surface area contributed by atoms with Crippen LogP contribution in [0.4, 0.5) is 14.5 Å². The van der Waals surface area contributed by atoms with Crippen LogP contribution in [0.2, 0.25) is 0 Å². The Hall–Kier alpha value is -1.99. The van der Waals surface area contributed by atoms with Crippen LogP contribution in [0.1, 0.15) is 5.56 Å². The molecule has 23 heavy (non-hydrogen) atoms. The number of halogens is 2. The molecule has 0 saturated heterocycles. The summed E-state index contributed by atoms with van der Waals surface area (Å²) in [6.45, 7) is 0.0901. The molecule has 0 atom stereocenters. The van der Waals surface area contributed by atoms with E-state index in [-0.39, 0.29) is 6.54 Å².